The number of amides is 1. The molecule has 5 nitrogen and oxygen atoms in total. The normalized spacial score (nSPS) is 14.8. The van der Waals surface area contributed by atoms with Crippen LogP contribution in [0.4, 0.5) is 0 Å². The monoisotopic (exact) mass is 472 g/mol. The average molecular weight is 473 g/mol. The smallest absolute Gasteiger partial charge is 0.326 e. The quantitative estimate of drug-likeness (QED) is 0.333. The molecule has 0 bridgehead atoms. The molecular formula is C22H30Cl2N2O3S. The molecule has 0 saturated carbocycles. The first-order valence-corrected chi connectivity index (χ1v) is 12.4. The number of carboxylic acids is 1. The molecule has 2 rings (SSSR count). The lowest BCUT2D eigenvalue weighted by Crippen LogP contribution is -2.41. The van der Waals surface area contributed by atoms with Crippen LogP contribution in [0.25, 0.3) is 0 Å². The molecule has 2 N–H and O–H groups in total. The van der Waals surface area contributed by atoms with Gasteiger partial charge in [0.05, 0.1) is 20.7 Å². The Morgan fingerprint density at radius 2 is 1.70 bits per heavy atom. The fraction of sp³-hybridized carbons (Fsp3) is 0.591. The van der Waals surface area contributed by atoms with Gasteiger partial charge in [-0.25, -0.2) is 4.79 Å². The van der Waals surface area contributed by atoms with E-state index in [1.54, 1.807) is 18.2 Å². The van der Waals surface area contributed by atoms with Gasteiger partial charge in [-0.15, -0.1) is 11.8 Å². The standard InChI is InChI=1S/C22H30Cl2N2O3S/c23-16-10-8-11-17(24)20(16)21(27)26-18(22(28)29)12-6-4-2-1-3-5-7-13-19-25-14-9-15-30-19/h8,10-11,18H,1-7,9,12-15H2,(H,26,27)(H,28,29)/t18-/m0/s1. The highest BCUT2D eigenvalue weighted by molar-refractivity contribution is 8.14. The zero-order valence-electron chi connectivity index (χ0n) is 17.2. The van der Waals surface area contributed by atoms with Crippen molar-refractivity contribution in [2.75, 3.05) is 12.3 Å². The number of aliphatic carboxylic acids is 1. The van der Waals surface area contributed by atoms with Gasteiger partial charge < -0.3 is 10.4 Å². The first-order chi connectivity index (χ1) is 14.5. The topological polar surface area (TPSA) is 78.8 Å². The van der Waals surface area contributed by atoms with E-state index in [0.717, 1.165) is 38.6 Å². The average Bonchev–Trinajstić information content (AvgIpc) is 2.72. The van der Waals surface area contributed by atoms with Crippen molar-refractivity contribution in [1.82, 2.24) is 5.32 Å². The van der Waals surface area contributed by atoms with Gasteiger partial charge in [-0.3, -0.25) is 9.79 Å². The molecule has 0 spiro atoms. The lowest BCUT2D eigenvalue weighted by molar-refractivity contribution is -0.139. The number of halogens is 2. The van der Waals surface area contributed by atoms with E-state index in [4.69, 9.17) is 23.2 Å². The summed E-state index contributed by atoms with van der Waals surface area (Å²) in [5.74, 6) is -0.393. The minimum absolute atomic E-state index is 0.115. The summed E-state index contributed by atoms with van der Waals surface area (Å²) in [6, 6.07) is 3.80. The number of nitrogens with one attached hydrogen (secondary N) is 1. The van der Waals surface area contributed by atoms with Crippen molar-refractivity contribution in [3.05, 3.63) is 33.8 Å². The Balaban J connectivity index is 1.60. The van der Waals surface area contributed by atoms with E-state index in [1.165, 1.54) is 36.5 Å². The second kappa shape index (κ2) is 13.9. The number of thioether (sulfide) groups is 1. The van der Waals surface area contributed by atoms with Crippen LogP contribution in [0.5, 0.6) is 0 Å². The number of carboxylic acid groups (broad SMARTS) is 1. The molecule has 0 radical (unpaired) electrons. The third-order valence-electron chi connectivity index (χ3n) is 5.04. The maximum absolute atomic E-state index is 12.4. The number of carbonyl (C=O) groups is 2. The molecule has 1 aromatic rings. The van der Waals surface area contributed by atoms with Gasteiger partial charge in [-0.2, -0.15) is 0 Å². The molecule has 1 heterocycles. The number of benzene rings is 1. The number of unbranched alkanes of at least 4 members (excludes halogenated alkanes) is 6. The van der Waals surface area contributed by atoms with Crippen molar-refractivity contribution < 1.29 is 14.7 Å². The van der Waals surface area contributed by atoms with E-state index in [9.17, 15) is 14.7 Å². The van der Waals surface area contributed by atoms with Gasteiger partial charge in [0, 0.05) is 12.3 Å². The molecule has 0 aromatic heterocycles. The number of carbonyl (C=O) groups excluding carboxylic acids is 1. The number of rotatable bonds is 13. The largest absolute Gasteiger partial charge is 0.480 e. The van der Waals surface area contributed by atoms with E-state index in [-0.39, 0.29) is 15.6 Å². The zero-order chi connectivity index (χ0) is 21.8. The van der Waals surface area contributed by atoms with Crippen molar-refractivity contribution in [2.45, 2.75) is 70.3 Å². The fourth-order valence-corrected chi connectivity index (χ4v) is 4.92. The Bertz CT molecular complexity index is 723. The summed E-state index contributed by atoms with van der Waals surface area (Å²) in [4.78, 5) is 28.5. The molecule has 1 aromatic carbocycles. The Morgan fingerprint density at radius 1 is 1.07 bits per heavy atom. The minimum atomic E-state index is -1.05. The first kappa shape index (κ1) is 25.0. The summed E-state index contributed by atoms with van der Waals surface area (Å²) in [5.41, 5.74) is 0.115. The van der Waals surface area contributed by atoms with Gasteiger partial charge in [0.2, 0.25) is 0 Å². The van der Waals surface area contributed by atoms with Crippen molar-refractivity contribution in [3.63, 3.8) is 0 Å². The van der Waals surface area contributed by atoms with E-state index in [1.807, 2.05) is 11.8 Å². The van der Waals surface area contributed by atoms with Crippen LogP contribution in [0, 0.1) is 0 Å². The van der Waals surface area contributed by atoms with Crippen LogP contribution in [0.1, 0.15) is 74.6 Å². The number of aliphatic imine (C=N–C) groups is 1. The predicted molar refractivity (Wildman–Crippen MR) is 126 cm³/mol. The highest BCUT2D eigenvalue weighted by atomic mass is 35.5. The predicted octanol–water partition coefficient (Wildman–Crippen LogP) is 6.22. The third kappa shape index (κ3) is 8.86. The second-order valence-electron chi connectivity index (χ2n) is 7.45. The summed E-state index contributed by atoms with van der Waals surface area (Å²) < 4.78 is 0. The molecule has 0 aliphatic carbocycles. The molecule has 0 fully saturated rings. The molecule has 1 atom stereocenters. The summed E-state index contributed by atoms with van der Waals surface area (Å²) in [5, 5.41) is 13.7. The number of nitrogens with zero attached hydrogens (tertiary/aromatic N) is 1. The van der Waals surface area contributed by atoms with Crippen LogP contribution >= 0.6 is 35.0 Å². The van der Waals surface area contributed by atoms with E-state index in [2.05, 4.69) is 10.3 Å². The summed E-state index contributed by atoms with van der Waals surface area (Å²) in [7, 11) is 0. The lowest BCUT2D eigenvalue weighted by Gasteiger charge is -2.15. The SMILES string of the molecule is O=C(N[C@@H](CCCCCCCCCC1=NCCCS1)C(=O)O)c1c(Cl)cccc1Cl. The molecule has 0 saturated heterocycles. The van der Waals surface area contributed by atoms with Crippen LogP contribution in [0.15, 0.2) is 23.2 Å². The maximum Gasteiger partial charge on any atom is 0.326 e. The van der Waals surface area contributed by atoms with Crippen molar-refractivity contribution in [3.8, 4) is 0 Å². The van der Waals surface area contributed by atoms with Crippen molar-refractivity contribution >= 4 is 51.9 Å². The molecule has 1 aliphatic heterocycles. The zero-order valence-corrected chi connectivity index (χ0v) is 19.5. The maximum atomic E-state index is 12.4. The Hall–Kier alpha value is -1.24. The van der Waals surface area contributed by atoms with Gasteiger partial charge in [-0.05, 0) is 37.8 Å². The Kier molecular flexibility index (Phi) is 11.6. The van der Waals surface area contributed by atoms with E-state index >= 15 is 0 Å². The summed E-state index contributed by atoms with van der Waals surface area (Å²) in [6.45, 7) is 0.992. The molecule has 166 valence electrons. The highest BCUT2D eigenvalue weighted by Crippen LogP contribution is 2.24. The van der Waals surface area contributed by atoms with Crippen LogP contribution < -0.4 is 5.32 Å². The Labute approximate surface area is 193 Å². The molecule has 0 unspecified atom stereocenters. The number of hydrogen-bond acceptors (Lipinski definition) is 4. The molecule has 1 amide bonds. The van der Waals surface area contributed by atoms with Crippen LogP contribution in [0.2, 0.25) is 10.0 Å². The first-order valence-electron chi connectivity index (χ1n) is 10.6. The molecule has 30 heavy (non-hydrogen) atoms. The van der Waals surface area contributed by atoms with Gasteiger partial charge in [0.25, 0.3) is 5.91 Å². The van der Waals surface area contributed by atoms with Crippen LogP contribution in [0.3, 0.4) is 0 Å². The van der Waals surface area contributed by atoms with Crippen LogP contribution in [-0.4, -0.2) is 40.4 Å². The third-order valence-corrected chi connectivity index (χ3v) is 6.83. The number of hydrogen-bond donors (Lipinski definition) is 2. The van der Waals surface area contributed by atoms with Crippen molar-refractivity contribution in [1.29, 1.82) is 0 Å². The van der Waals surface area contributed by atoms with E-state index in [0.29, 0.717) is 6.42 Å². The summed E-state index contributed by atoms with van der Waals surface area (Å²) in [6.07, 6.45) is 10.2. The molecule has 8 heteroatoms. The van der Waals surface area contributed by atoms with E-state index < -0.39 is 17.9 Å². The van der Waals surface area contributed by atoms with Crippen molar-refractivity contribution in [2.24, 2.45) is 4.99 Å². The van der Waals surface area contributed by atoms with Gasteiger partial charge in [0.15, 0.2) is 0 Å². The Morgan fingerprint density at radius 3 is 2.30 bits per heavy atom. The molecular weight excluding hydrogens is 443 g/mol. The fourth-order valence-electron chi connectivity index (χ4n) is 3.37. The van der Waals surface area contributed by atoms with Gasteiger partial charge in [0.1, 0.15) is 6.04 Å². The second-order valence-corrected chi connectivity index (χ2v) is 9.43. The van der Waals surface area contributed by atoms with Gasteiger partial charge in [-0.1, -0.05) is 67.8 Å². The van der Waals surface area contributed by atoms with Gasteiger partial charge >= 0.3 is 5.97 Å². The lowest BCUT2D eigenvalue weighted by atomic mass is 10.0. The summed E-state index contributed by atoms with van der Waals surface area (Å²) >= 11 is 14.0. The minimum Gasteiger partial charge on any atom is -0.480 e. The van der Waals surface area contributed by atoms with Crippen LogP contribution in [-0.2, 0) is 4.79 Å². The highest BCUT2D eigenvalue weighted by Gasteiger charge is 2.23. The molecule has 1 aliphatic rings.